The van der Waals surface area contributed by atoms with Crippen molar-refractivity contribution in [2.75, 3.05) is 7.11 Å². The van der Waals surface area contributed by atoms with Gasteiger partial charge in [0.25, 0.3) is 0 Å². The lowest BCUT2D eigenvalue weighted by Crippen LogP contribution is -2.02. The summed E-state index contributed by atoms with van der Waals surface area (Å²) >= 11 is 0. The highest BCUT2D eigenvalue weighted by Crippen LogP contribution is 2.28. The van der Waals surface area contributed by atoms with Gasteiger partial charge in [0.1, 0.15) is 0 Å². The molecular weight excluding hydrogens is 246 g/mol. The molecular formula is C14H11NO4. The summed E-state index contributed by atoms with van der Waals surface area (Å²) in [6.45, 7) is 0. The van der Waals surface area contributed by atoms with Gasteiger partial charge in [-0.1, -0.05) is 30.3 Å². The van der Waals surface area contributed by atoms with Crippen LogP contribution in [0.25, 0.3) is 0 Å². The molecule has 0 saturated carbocycles. The van der Waals surface area contributed by atoms with Crippen molar-refractivity contribution in [3.8, 4) is 5.75 Å². The van der Waals surface area contributed by atoms with E-state index in [2.05, 4.69) is 0 Å². The fraction of sp³-hybridized carbons (Fsp3) is 0.0714. The van der Waals surface area contributed by atoms with Crippen molar-refractivity contribution in [1.29, 1.82) is 0 Å². The van der Waals surface area contributed by atoms with Crippen molar-refractivity contribution in [1.82, 2.24) is 0 Å². The fourth-order valence-corrected chi connectivity index (χ4v) is 1.73. The Labute approximate surface area is 109 Å². The molecule has 5 heteroatoms. The van der Waals surface area contributed by atoms with Crippen LogP contribution in [-0.2, 0) is 0 Å². The van der Waals surface area contributed by atoms with E-state index in [1.54, 1.807) is 24.3 Å². The van der Waals surface area contributed by atoms with E-state index in [-0.39, 0.29) is 17.2 Å². The van der Waals surface area contributed by atoms with Crippen LogP contribution in [0, 0.1) is 10.1 Å². The third-order valence-electron chi connectivity index (χ3n) is 2.67. The average molecular weight is 257 g/mol. The highest BCUT2D eigenvalue weighted by atomic mass is 16.6. The van der Waals surface area contributed by atoms with Crippen molar-refractivity contribution in [2.24, 2.45) is 0 Å². The molecule has 2 aromatic rings. The van der Waals surface area contributed by atoms with Gasteiger partial charge in [-0.2, -0.15) is 0 Å². The Morgan fingerprint density at radius 3 is 2.37 bits per heavy atom. The minimum absolute atomic E-state index is 0.0757. The number of rotatable bonds is 4. The van der Waals surface area contributed by atoms with Crippen LogP contribution in [0.5, 0.6) is 5.75 Å². The van der Waals surface area contributed by atoms with Crippen molar-refractivity contribution in [3.63, 3.8) is 0 Å². The Bertz CT molecular complexity index is 623. The molecule has 0 spiro atoms. The molecule has 0 atom stereocenters. The van der Waals surface area contributed by atoms with Crippen molar-refractivity contribution < 1.29 is 14.5 Å². The molecule has 0 aliphatic rings. The molecule has 0 unspecified atom stereocenters. The molecule has 0 saturated heterocycles. The SMILES string of the molecule is COc1cc(C(=O)c2ccccc2)ccc1[N+](=O)[O-]. The maximum absolute atomic E-state index is 12.2. The summed E-state index contributed by atoms with van der Waals surface area (Å²) in [6.07, 6.45) is 0. The lowest BCUT2D eigenvalue weighted by atomic mass is 10.0. The number of hydrogen-bond acceptors (Lipinski definition) is 4. The smallest absolute Gasteiger partial charge is 0.310 e. The Morgan fingerprint density at radius 1 is 1.11 bits per heavy atom. The lowest BCUT2D eigenvalue weighted by molar-refractivity contribution is -0.385. The molecule has 0 heterocycles. The van der Waals surface area contributed by atoms with E-state index in [1.165, 1.54) is 25.3 Å². The van der Waals surface area contributed by atoms with Crippen LogP contribution >= 0.6 is 0 Å². The summed E-state index contributed by atoms with van der Waals surface area (Å²) < 4.78 is 4.94. The third-order valence-corrected chi connectivity index (χ3v) is 2.67. The highest BCUT2D eigenvalue weighted by Gasteiger charge is 2.17. The molecule has 2 aromatic carbocycles. The zero-order chi connectivity index (χ0) is 13.8. The second kappa shape index (κ2) is 5.30. The van der Waals surface area contributed by atoms with Crippen LogP contribution in [0.2, 0.25) is 0 Å². The van der Waals surface area contributed by atoms with Crippen molar-refractivity contribution in [2.45, 2.75) is 0 Å². The number of carbonyl (C=O) groups is 1. The van der Waals surface area contributed by atoms with Gasteiger partial charge in [-0.05, 0) is 12.1 Å². The molecule has 0 fully saturated rings. The number of carbonyl (C=O) groups excluding carboxylic acids is 1. The van der Waals surface area contributed by atoms with Crippen LogP contribution in [0.1, 0.15) is 15.9 Å². The topological polar surface area (TPSA) is 69.4 Å². The third kappa shape index (κ3) is 2.60. The average Bonchev–Trinajstić information content (AvgIpc) is 2.46. The monoisotopic (exact) mass is 257 g/mol. The van der Waals surface area contributed by atoms with Crippen LogP contribution in [0.4, 0.5) is 5.69 Å². The number of ether oxygens (including phenoxy) is 1. The first kappa shape index (κ1) is 12.8. The summed E-state index contributed by atoms with van der Waals surface area (Å²) in [5.74, 6) is -0.124. The minimum Gasteiger partial charge on any atom is -0.490 e. The minimum atomic E-state index is -0.546. The summed E-state index contributed by atoms with van der Waals surface area (Å²) in [5.41, 5.74) is 0.721. The number of benzene rings is 2. The standard InChI is InChI=1S/C14H11NO4/c1-19-13-9-11(7-8-12(13)15(17)18)14(16)10-5-3-2-4-6-10/h2-9H,1H3. The molecule has 0 N–H and O–H groups in total. The number of nitrogens with zero attached hydrogens (tertiary/aromatic N) is 1. The molecule has 19 heavy (non-hydrogen) atoms. The maximum Gasteiger partial charge on any atom is 0.310 e. The quantitative estimate of drug-likeness (QED) is 0.479. The van der Waals surface area contributed by atoms with E-state index in [1.807, 2.05) is 6.07 Å². The van der Waals surface area contributed by atoms with Gasteiger partial charge in [0.15, 0.2) is 11.5 Å². The van der Waals surface area contributed by atoms with E-state index in [9.17, 15) is 14.9 Å². The Morgan fingerprint density at radius 2 is 1.79 bits per heavy atom. The van der Waals surface area contributed by atoms with E-state index < -0.39 is 4.92 Å². The van der Waals surface area contributed by atoms with Gasteiger partial charge < -0.3 is 4.74 Å². The zero-order valence-electron chi connectivity index (χ0n) is 10.2. The number of nitro groups is 1. The molecule has 0 amide bonds. The Hall–Kier alpha value is -2.69. The number of methoxy groups -OCH3 is 1. The van der Waals surface area contributed by atoms with Gasteiger partial charge in [0.2, 0.25) is 0 Å². The molecule has 2 rings (SSSR count). The summed E-state index contributed by atoms with van der Waals surface area (Å²) in [6, 6.07) is 12.8. The Kier molecular flexibility index (Phi) is 3.56. The van der Waals surface area contributed by atoms with Crippen molar-refractivity contribution in [3.05, 3.63) is 69.8 Å². The lowest BCUT2D eigenvalue weighted by Gasteiger charge is -2.05. The van der Waals surface area contributed by atoms with Gasteiger partial charge in [-0.3, -0.25) is 14.9 Å². The molecule has 5 nitrogen and oxygen atoms in total. The first-order valence-electron chi connectivity index (χ1n) is 5.55. The van der Waals surface area contributed by atoms with Gasteiger partial charge in [0, 0.05) is 17.2 Å². The van der Waals surface area contributed by atoms with Gasteiger partial charge >= 0.3 is 5.69 Å². The number of hydrogen-bond donors (Lipinski definition) is 0. The van der Waals surface area contributed by atoms with E-state index >= 15 is 0 Å². The van der Waals surface area contributed by atoms with Crippen molar-refractivity contribution >= 4 is 11.5 Å². The van der Waals surface area contributed by atoms with Gasteiger partial charge in [-0.25, -0.2) is 0 Å². The molecule has 0 radical (unpaired) electrons. The molecule has 0 aliphatic carbocycles. The predicted molar refractivity (Wildman–Crippen MR) is 69.5 cm³/mol. The van der Waals surface area contributed by atoms with Gasteiger partial charge in [0.05, 0.1) is 12.0 Å². The normalized spacial score (nSPS) is 9.95. The first-order chi connectivity index (χ1) is 9.13. The second-order valence-corrected chi connectivity index (χ2v) is 3.84. The molecule has 96 valence electrons. The van der Waals surface area contributed by atoms with E-state index in [0.717, 1.165) is 0 Å². The second-order valence-electron chi connectivity index (χ2n) is 3.84. The largest absolute Gasteiger partial charge is 0.490 e. The van der Waals surface area contributed by atoms with E-state index in [0.29, 0.717) is 11.1 Å². The number of ketones is 1. The fourth-order valence-electron chi connectivity index (χ4n) is 1.73. The summed E-state index contributed by atoms with van der Waals surface area (Å²) in [7, 11) is 1.33. The maximum atomic E-state index is 12.2. The predicted octanol–water partition coefficient (Wildman–Crippen LogP) is 2.83. The van der Waals surface area contributed by atoms with Crippen LogP contribution in [0.3, 0.4) is 0 Å². The van der Waals surface area contributed by atoms with Crippen LogP contribution in [-0.4, -0.2) is 17.8 Å². The Balaban J connectivity index is 2.42. The van der Waals surface area contributed by atoms with E-state index in [4.69, 9.17) is 4.74 Å². The highest BCUT2D eigenvalue weighted by molar-refractivity contribution is 6.09. The van der Waals surface area contributed by atoms with Gasteiger partial charge in [-0.15, -0.1) is 0 Å². The molecule has 0 aromatic heterocycles. The first-order valence-corrected chi connectivity index (χ1v) is 5.55. The summed E-state index contributed by atoms with van der Waals surface area (Å²) in [5, 5.41) is 10.8. The van der Waals surface area contributed by atoms with Crippen LogP contribution in [0.15, 0.2) is 48.5 Å². The number of nitro benzene ring substituents is 1. The molecule has 0 aliphatic heterocycles. The summed E-state index contributed by atoms with van der Waals surface area (Å²) in [4.78, 5) is 22.4. The molecule has 0 bridgehead atoms. The van der Waals surface area contributed by atoms with Crippen LogP contribution < -0.4 is 4.74 Å². The zero-order valence-corrected chi connectivity index (χ0v) is 10.2.